The minimum atomic E-state index is 0.578. The second-order valence-corrected chi connectivity index (χ2v) is 9.70. The van der Waals surface area contributed by atoms with E-state index in [1.165, 1.54) is 62.1 Å². The lowest BCUT2D eigenvalue weighted by molar-refractivity contribution is 0.210. The maximum absolute atomic E-state index is 7.32. The van der Waals surface area contributed by atoms with Gasteiger partial charge in [-0.1, -0.05) is 83.4 Å². The Balaban J connectivity index is 0.00000101. The molecule has 0 amide bonds. The Kier molecular flexibility index (Phi) is 11.2. The number of hydrogen-bond donors (Lipinski definition) is 0. The molecule has 1 aliphatic carbocycles. The number of hydrogen-bond acceptors (Lipinski definition) is 2. The van der Waals surface area contributed by atoms with Crippen molar-refractivity contribution in [1.29, 1.82) is 5.26 Å². The molecule has 30 heavy (non-hydrogen) atoms. The van der Waals surface area contributed by atoms with Gasteiger partial charge in [-0.15, -0.1) is 0 Å². The number of nitrogens with zero attached hydrogens (tertiary/aromatic N) is 2. The molecule has 2 aromatic carbocycles. The molecule has 0 aromatic heterocycles. The van der Waals surface area contributed by atoms with E-state index >= 15 is 0 Å². The second-order valence-electron chi connectivity index (χ2n) is 8.53. The Labute approximate surface area is 192 Å². The molecular formula is C27H37BrN2. The molecule has 1 fully saturated rings. The zero-order valence-corrected chi connectivity index (χ0v) is 20.4. The monoisotopic (exact) mass is 468 g/mol. The van der Waals surface area contributed by atoms with Crippen molar-refractivity contribution < 1.29 is 0 Å². The van der Waals surface area contributed by atoms with Gasteiger partial charge in [0.1, 0.15) is 0 Å². The Hall–Kier alpha value is -1.63. The molecule has 2 aromatic rings. The van der Waals surface area contributed by atoms with E-state index in [0.29, 0.717) is 16.8 Å². The standard InChI is InChI=1S/C25H34BrN.C2H3N/c1-20(2)27(19-22-9-4-3-5-10-22)18-8-11-21-14-16-23(17-15-21)24-12-6-7-13-25(24)26;1-2-3/h3-5,9-10,14-17,20,24-25H,6-8,11-13,18-19H2,1-2H3;1H3. The van der Waals surface area contributed by atoms with Gasteiger partial charge in [0.2, 0.25) is 0 Å². The van der Waals surface area contributed by atoms with E-state index in [1.54, 1.807) is 6.07 Å². The highest BCUT2D eigenvalue weighted by Gasteiger charge is 2.23. The maximum atomic E-state index is 7.32. The summed E-state index contributed by atoms with van der Waals surface area (Å²) in [5.41, 5.74) is 4.41. The van der Waals surface area contributed by atoms with Crippen molar-refractivity contribution in [3.8, 4) is 6.07 Å². The molecule has 0 bridgehead atoms. The van der Waals surface area contributed by atoms with E-state index in [0.717, 1.165) is 13.1 Å². The molecule has 1 saturated carbocycles. The molecule has 0 saturated heterocycles. The molecule has 2 nitrogen and oxygen atoms in total. The molecule has 3 heteroatoms. The number of aryl methyl sites for hydroxylation is 1. The quantitative estimate of drug-likeness (QED) is 0.375. The van der Waals surface area contributed by atoms with Crippen LogP contribution < -0.4 is 0 Å². The molecule has 1 aliphatic rings. The van der Waals surface area contributed by atoms with Crippen LogP contribution in [0.4, 0.5) is 0 Å². The zero-order chi connectivity index (χ0) is 21.8. The molecule has 0 aliphatic heterocycles. The van der Waals surface area contributed by atoms with Crippen molar-refractivity contribution in [3.63, 3.8) is 0 Å². The molecule has 0 N–H and O–H groups in total. The van der Waals surface area contributed by atoms with Crippen LogP contribution in [0.2, 0.25) is 0 Å². The Morgan fingerprint density at radius 1 is 1.00 bits per heavy atom. The average Bonchev–Trinajstić information content (AvgIpc) is 2.75. The van der Waals surface area contributed by atoms with Gasteiger partial charge in [-0.25, -0.2) is 0 Å². The summed E-state index contributed by atoms with van der Waals surface area (Å²) in [6, 6.07) is 22.6. The lowest BCUT2D eigenvalue weighted by atomic mass is 9.83. The third-order valence-corrected chi connectivity index (χ3v) is 7.06. The molecule has 0 heterocycles. The predicted octanol–water partition coefficient (Wildman–Crippen LogP) is 7.48. The second kappa shape index (κ2) is 13.6. The summed E-state index contributed by atoms with van der Waals surface area (Å²) in [7, 11) is 0. The summed E-state index contributed by atoms with van der Waals surface area (Å²) in [5, 5.41) is 7.32. The lowest BCUT2D eigenvalue weighted by Crippen LogP contribution is -2.31. The minimum absolute atomic E-state index is 0.578. The van der Waals surface area contributed by atoms with Crippen LogP contribution in [0.15, 0.2) is 54.6 Å². The zero-order valence-electron chi connectivity index (χ0n) is 18.9. The lowest BCUT2D eigenvalue weighted by Gasteiger charge is -2.28. The number of rotatable bonds is 8. The summed E-state index contributed by atoms with van der Waals surface area (Å²) >= 11 is 3.90. The number of nitriles is 1. The highest BCUT2D eigenvalue weighted by Crippen LogP contribution is 2.37. The van der Waals surface area contributed by atoms with Crippen LogP contribution in [-0.4, -0.2) is 22.3 Å². The predicted molar refractivity (Wildman–Crippen MR) is 132 cm³/mol. The van der Waals surface area contributed by atoms with Gasteiger partial charge >= 0.3 is 0 Å². The van der Waals surface area contributed by atoms with Crippen molar-refractivity contribution >= 4 is 15.9 Å². The van der Waals surface area contributed by atoms with E-state index in [9.17, 15) is 0 Å². The summed E-state index contributed by atoms with van der Waals surface area (Å²) in [5.74, 6) is 0.704. The van der Waals surface area contributed by atoms with Gasteiger partial charge in [0, 0.05) is 24.3 Å². The molecule has 162 valence electrons. The van der Waals surface area contributed by atoms with Crippen LogP contribution in [0, 0.1) is 11.3 Å². The topological polar surface area (TPSA) is 27.0 Å². The summed E-state index contributed by atoms with van der Waals surface area (Å²) < 4.78 is 0. The van der Waals surface area contributed by atoms with Crippen molar-refractivity contribution in [1.82, 2.24) is 4.90 Å². The minimum Gasteiger partial charge on any atom is -0.297 e. The van der Waals surface area contributed by atoms with Crippen molar-refractivity contribution in [2.75, 3.05) is 6.54 Å². The molecule has 2 atom stereocenters. The molecular weight excluding hydrogens is 432 g/mol. The third kappa shape index (κ3) is 8.25. The van der Waals surface area contributed by atoms with Crippen LogP contribution in [0.25, 0.3) is 0 Å². The van der Waals surface area contributed by atoms with Gasteiger partial charge in [0.25, 0.3) is 0 Å². The fraction of sp³-hybridized carbons (Fsp3) is 0.519. The summed E-state index contributed by atoms with van der Waals surface area (Å²) in [4.78, 5) is 3.25. The van der Waals surface area contributed by atoms with Crippen LogP contribution in [-0.2, 0) is 13.0 Å². The molecule has 2 unspecified atom stereocenters. The highest BCUT2D eigenvalue weighted by molar-refractivity contribution is 9.09. The summed E-state index contributed by atoms with van der Waals surface area (Å²) in [6.07, 6.45) is 7.79. The summed E-state index contributed by atoms with van der Waals surface area (Å²) in [6.45, 7) is 8.24. The van der Waals surface area contributed by atoms with Gasteiger partial charge in [-0.05, 0) is 68.7 Å². The van der Waals surface area contributed by atoms with E-state index in [2.05, 4.69) is 89.3 Å². The largest absolute Gasteiger partial charge is 0.297 e. The first kappa shape index (κ1) is 24.6. The third-order valence-electron chi connectivity index (χ3n) is 5.96. The van der Waals surface area contributed by atoms with Crippen molar-refractivity contribution in [2.45, 2.75) is 82.6 Å². The fourth-order valence-corrected chi connectivity index (χ4v) is 5.11. The van der Waals surface area contributed by atoms with Gasteiger partial charge < -0.3 is 0 Å². The Bertz CT molecular complexity index is 749. The van der Waals surface area contributed by atoms with E-state index in [4.69, 9.17) is 5.26 Å². The Morgan fingerprint density at radius 3 is 2.23 bits per heavy atom. The fourth-order valence-electron chi connectivity index (χ4n) is 4.22. The molecule has 0 spiro atoms. The first-order chi connectivity index (χ1) is 14.5. The normalized spacial score (nSPS) is 18.6. The average molecular weight is 470 g/mol. The van der Waals surface area contributed by atoms with Gasteiger partial charge in [0.15, 0.2) is 0 Å². The number of alkyl halides is 1. The smallest absolute Gasteiger partial charge is 0.0587 e. The Morgan fingerprint density at radius 2 is 1.63 bits per heavy atom. The molecule has 0 radical (unpaired) electrons. The molecule has 3 rings (SSSR count). The first-order valence-corrected chi connectivity index (χ1v) is 12.3. The van der Waals surface area contributed by atoms with E-state index in [1.807, 2.05) is 0 Å². The van der Waals surface area contributed by atoms with Gasteiger partial charge in [-0.2, -0.15) is 5.26 Å². The van der Waals surface area contributed by atoms with Crippen LogP contribution in [0.3, 0.4) is 0 Å². The number of halogens is 1. The van der Waals surface area contributed by atoms with E-state index < -0.39 is 0 Å². The van der Waals surface area contributed by atoms with Gasteiger partial charge in [0.05, 0.1) is 6.07 Å². The van der Waals surface area contributed by atoms with Gasteiger partial charge in [-0.3, -0.25) is 4.90 Å². The first-order valence-electron chi connectivity index (χ1n) is 11.4. The maximum Gasteiger partial charge on any atom is 0.0587 e. The highest BCUT2D eigenvalue weighted by atomic mass is 79.9. The SMILES string of the molecule is CC#N.CC(C)N(CCCc1ccc(C2CCCCC2Br)cc1)Cc1ccccc1. The van der Waals surface area contributed by atoms with Crippen molar-refractivity contribution in [2.24, 2.45) is 0 Å². The van der Waals surface area contributed by atoms with Crippen LogP contribution in [0.1, 0.15) is 75.5 Å². The van der Waals surface area contributed by atoms with Crippen LogP contribution >= 0.6 is 15.9 Å². The van der Waals surface area contributed by atoms with Crippen LogP contribution in [0.5, 0.6) is 0 Å². The van der Waals surface area contributed by atoms with Crippen molar-refractivity contribution in [3.05, 3.63) is 71.3 Å². The number of benzene rings is 2. The van der Waals surface area contributed by atoms with E-state index in [-0.39, 0.29) is 0 Å².